The summed E-state index contributed by atoms with van der Waals surface area (Å²) < 4.78 is 30.5. The van der Waals surface area contributed by atoms with Gasteiger partial charge in [0.1, 0.15) is 10.6 Å². The molecule has 6 heteroatoms. The lowest BCUT2D eigenvalue weighted by Gasteiger charge is -2.27. The zero-order valence-electron chi connectivity index (χ0n) is 11.4. The Bertz CT molecular complexity index is 646. The molecule has 0 spiro atoms. The van der Waals surface area contributed by atoms with Crippen molar-refractivity contribution in [1.29, 1.82) is 0 Å². The first-order valence-corrected chi connectivity index (χ1v) is 8.17. The number of piperazine rings is 1. The van der Waals surface area contributed by atoms with Crippen LogP contribution >= 0.6 is 0 Å². The molecular weight excluding hydrogens is 276 g/mol. The van der Waals surface area contributed by atoms with E-state index in [2.05, 4.69) is 10.2 Å². The van der Waals surface area contributed by atoms with Crippen molar-refractivity contribution in [2.75, 3.05) is 39.8 Å². The Morgan fingerprint density at radius 2 is 2.05 bits per heavy atom. The largest absolute Gasteiger partial charge is 0.495 e. The van der Waals surface area contributed by atoms with Crippen molar-refractivity contribution in [3.8, 4) is 5.75 Å². The molecule has 0 aliphatic carbocycles. The Hall–Kier alpha value is -1.37. The SMILES string of the molecule is COc1cccc2c1S(=O)(=O)C(CN1CCNCC1)=C2. The Morgan fingerprint density at radius 3 is 2.75 bits per heavy atom. The van der Waals surface area contributed by atoms with Gasteiger partial charge < -0.3 is 10.1 Å². The van der Waals surface area contributed by atoms with Crippen LogP contribution in [0, 0.1) is 0 Å². The van der Waals surface area contributed by atoms with Gasteiger partial charge in [0, 0.05) is 32.7 Å². The summed E-state index contributed by atoms with van der Waals surface area (Å²) >= 11 is 0. The molecule has 2 heterocycles. The van der Waals surface area contributed by atoms with Gasteiger partial charge >= 0.3 is 0 Å². The lowest BCUT2D eigenvalue weighted by atomic mass is 10.2. The second-order valence-electron chi connectivity index (χ2n) is 5.02. The molecule has 0 amide bonds. The number of ether oxygens (including phenoxy) is 1. The maximum Gasteiger partial charge on any atom is 0.208 e. The first-order valence-electron chi connectivity index (χ1n) is 6.68. The maximum absolute atomic E-state index is 12.6. The van der Waals surface area contributed by atoms with Crippen LogP contribution in [0.2, 0.25) is 0 Å². The third kappa shape index (κ3) is 2.24. The van der Waals surface area contributed by atoms with Crippen LogP contribution < -0.4 is 10.1 Å². The van der Waals surface area contributed by atoms with Crippen molar-refractivity contribution in [2.45, 2.75) is 4.90 Å². The number of nitrogens with one attached hydrogen (secondary N) is 1. The molecule has 2 aliphatic rings. The predicted molar refractivity (Wildman–Crippen MR) is 77.5 cm³/mol. The van der Waals surface area contributed by atoms with Crippen LogP contribution in [-0.2, 0) is 9.84 Å². The smallest absolute Gasteiger partial charge is 0.208 e. The Labute approximate surface area is 119 Å². The van der Waals surface area contributed by atoms with Crippen LogP contribution in [-0.4, -0.2) is 53.2 Å². The van der Waals surface area contributed by atoms with Gasteiger partial charge in [-0.05, 0) is 17.7 Å². The van der Waals surface area contributed by atoms with Crippen LogP contribution in [0.1, 0.15) is 5.56 Å². The van der Waals surface area contributed by atoms with Crippen molar-refractivity contribution in [3.63, 3.8) is 0 Å². The van der Waals surface area contributed by atoms with Crippen molar-refractivity contribution in [1.82, 2.24) is 10.2 Å². The van der Waals surface area contributed by atoms with Gasteiger partial charge in [0.2, 0.25) is 9.84 Å². The molecule has 3 rings (SSSR count). The minimum absolute atomic E-state index is 0.313. The molecule has 1 fully saturated rings. The van der Waals surface area contributed by atoms with E-state index in [0.29, 0.717) is 22.1 Å². The van der Waals surface area contributed by atoms with E-state index in [1.807, 2.05) is 12.1 Å². The quantitative estimate of drug-likeness (QED) is 0.890. The summed E-state index contributed by atoms with van der Waals surface area (Å²) in [7, 11) is -1.92. The molecule has 1 aromatic rings. The van der Waals surface area contributed by atoms with E-state index in [9.17, 15) is 8.42 Å². The molecule has 5 nitrogen and oxygen atoms in total. The lowest BCUT2D eigenvalue weighted by Crippen LogP contribution is -2.44. The van der Waals surface area contributed by atoms with E-state index in [0.717, 1.165) is 31.7 Å². The normalized spacial score (nSPS) is 21.4. The average Bonchev–Trinajstić information content (AvgIpc) is 2.71. The minimum Gasteiger partial charge on any atom is -0.495 e. The van der Waals surface area contributed by atoms with Crippen molar-refractivity contribution in [2.24, 2.45) is 0 Å². The molecule has 108 valence electrons. The lowest BCUT2D eigenvalue weighted by molar-refractivity contribution is 0.263. The Balaban J connectivity index is 1.92. The molecule has 0 radical (unpaired) electrons. The average molecular weight is 294 g/mol. The molecule has 0 aromatic heterocycles. The van der Waals surface area contributed by atoms with Crippen LogP contribution in [0.4, 0.5) is 0 Å². The maximum atomic E-state index is 12.6. The van der Waals surface area contributed by atoms with Crippen molar-refractivity contribution in [3.05, 3.63) is 28.7 Å². The van der Waals surface area contributed by atoms with Gasteiger partial charge in [0.05, 0.1) is 12.0 Å². The van der Waals surface area contributed by atoms with Gasteiger partial charge in [-0.15, -0.1) is 0 Å². The number of hydrogen-bond acceptors (Lipinski definition) is 5. The molecule has 1 N–H and O–H groups in total. The highest BCUT2D eigenvalue weighted by Crippen LogP contribution is 2.39. The molecule has 1 saturated heterocycles. The molecule has 0 atom stereocenters. The van der Waals surface area contributed by atoms with E-state index in [4.69, 9.17) is 4.74 Å². The molecule has 1 aromatic carbocycles. The first-order chi connectivity index (χ1) is 9.63. The number of sulfone groups is 1. The van der Waals surface area contributed by atoms with Gasteiger partial charge in [-0.2, -0.15) is 0 Å². The van der Waals surface area contributed by atoms with Crippen LogP contribution in [0.5, 0.6) is 5.75 Å². The predicted octanol–water partition coefficient (Wildman–Crippen LogP) is 0.729. The molecule has 20 heavy (non-hydrogen) atoms. The van der Waals surface area contributed by atoms with E-state index in [1.54, 1.807) is 12.1 Å². The molecule has 0 bridgehead atoms. The summed E-state index contributed by atoms with van der Waals surface area (Å²) in [5.74, 6) is 0.425. The number of methoxy groups -OCH3 is 1. The number of fused-ring (bicyclic) bond motifs is 1. The summed E-state index contributed by atoms with van der Waals surface area (Å²) in [4.78, 5) is 2.95. The van der Waals surface area contributed by atoms with Gasteiger partial charge in [-0.25, -0.2) is 8.42 Å². The number of nitrogens with zero attached hydrogens (tertiary/aromatic N) is 1. The van der Waals surface area contributed by atoms with Crippen molar-refractivity contribution < 1.29 is 13.2 Å². The van der Waals surface area contributed by atoms with Gasteiger partial charge in [-0.1, -0.05) is 12.1 Å². The number of hydrogen-bond donors (Lipinski definition) is 1. The summed E-state index contributed by atoms with van der Waals surface area (Å²) in [6.07, 6.45) is 1.77. The highest BCUT2D eigenvalue weighted by Gasteiger charge is 2.33. The summed E-state index contributed by atoms with van der Waals surface area (Å²) in [6.45, 7) is 4.04. The summed E-state index contributed by atoms with van der Waals surface area (Å²) in [6, 6.07) is 5.33. The van der Waals surface area contributed by atoms with Crippen LogP contribution in [0.15, 0.2) is 28.0 Å². The number of rotatable bonds is 3. The molecule has 0 unspecified atom stereocenters. The highest BCUT2D eigenvalue weighted by molar-refractivity contribution is 7.96. The zero-order valence-corrected chi connectivity index (χ0v) is 12.2. The highest BCUT2D eigenvalue weighted by atomic mass is 32.2. The zero-order chi connectivity index (χ0) is 14.2. The third-order valence-electron chi connectivity index (χ3n) is 3.75. The molecule has 0 saturated carbocycles. The topological polar surface area (TPSA) is 58.6 Å². The Morgan fingerprint density at radius 1 is 1.30 bits per heavy atom. The van der Waals surface area contributed by atoms with E-state index in [-0.39, 0.29) is 0 Å². The minimum atomic E-state index is -3.41. The van der Waals surface area contributed by atoms with E-state index in [1.165, 1.54) is 7.11 Å². The molecular formula is C14H18N2O3S. The van der Waals surface area contributed by atoms with Gasteiger partial charge in [0.15, 0.2) is 0 Å². The standard InChI is InChI=1S/C14H18N2O3S/c1-19-13-4-2-3-11-9-12(20(17,18)14(11)13)10-16-7-5-15-6-8-16/h2-4,9,15H,5-8,10H2,1H3. The van der Waals surface area contributed by atoms with Crippen LogP contribution in [0.25, 0.3) is 6.08 Å². The summed E-state index contributed by atoms with van der Waals surface area (Å²) in [5.41, 5.74) is 0.731. The number of benzene rings is 1. The fraction of sp³-hybridized carbons (Fsp3) is 0.429. The first kappa shape index (κ1) is 13.6. The third-order valence-corrected chi connectivity index (χ3v) is 5.66. The van der Waals surface area contributed by atoms with Gasteiger partial charge in [0.25, 0.3) is 0 Å². The van der Waals surface area contributed by atoms with Crippen LogP contribution in [0.3, 0.4) is 0 Å². The second-order valence-corrected chi connectivity index (χ2v) is 6.96. The molecule has 2 aliphatic heterocycles. The fourth-order valence-electron chi connectivity index (χ4n) is 2.70. The van der Waals surface area contributed by atoms with Crippen molar-refractivity contribution >= 4 is 15.9 Å². The Kier molecular flexibility index (Phi) is 3.54. The van der Waals surface area contributed by atoms with E-state index < -0.39 is 9.84 Å². The fourth-order valence-corrected chi connectivity index (χ4v) is 4.45. The van der Waals surface area contributed by atoms with Gasteiger partial charge in [-0.3, -0.25) is 4.90 Å². The summed E-state index contributed by atoms with van der Waals surface area (Å²) in [5, 5.41) is 3.27. The second kappa shape index (κ2) is 5.20. The van der Waals surface area contributed by atoms with E-state index >= 15 is 0 Å². The monoisotopic (exact) mass is 294 g/mol.